The van der Waals surface area contributed by atoms with Crippen LogP contribution < -0.4 is 5.32 Å². The Balaban J connectivity index is 2.20. The molecule has 0 atom stereocenters. The minimum atomic E-state index is 0.464. The Morgan fingerprint density at radius 1 is 1.26 bits per heavy atom. The molecule has 3 aromatic rings. The van der Waals surface area contributed by atoms with Crippen molar-refractivity contribution in [2.45, 2.75) is 6.54 Å². The lowest BCUT2D eigenvalue weighted by molar-refractivity contribution is 0.768. The van der Waals surface area contributed by atoms with Crippen molar-refractivity contribution in [3.05, 3.63) is 28.0 Å². The summed E-state index contributed by atoms with van der Waals surface area (Å²) >= 11 is 13.4. The Hall–Kier alpha value is -1.28. The van der Waals surface area contributed by atoms with Gasteiger partial charge in [0.2, 0.25) is 0 Å². The molecule has 6 nitrogen and oxygen atoms in total. The summed E-state index contributed by atoms with van der Waals surface area (Å²) in [6.45, 7) is 0.629. The molecular formula is C10H8Cl2N6S. The molecule has 0 aliphatic rings. The molecule has 0 fully saturated rings. The van der Waals surface area contributed by atoms with Crippen LogP contribution in [0, 0.1) is 0 Å². The normalized spacial score (nSPS) is 11.3. The average molecular weight is 315 g/mol. The van der Waals surface area contributed by atoms with Gasteiger partial charge in [0.15, 0.2) is 0 Å². The van der Waals surface area contributed by atoms with Crippen molar-refractivity contribution in [3.63, 3.8) is 0 Å². The molecule has 0 saturated heterocycles. The largest absolute Gasteiger partial charge is 0.314 e. The van der Waals surface area contributed by atoms with Gasteiger partial charge < -0.3 is 5.32 Å². The van der Waals surface area contributed by atoms with Crippen LogP contribution in [0.5, 0.6) is 0 Å². The van der Waals surface area contributed by atoms with E-state index < -0.39 is 0 Å². The van der Waals surface area contributed by atoms with E-state index in [0.29, 0.717) is 33.3 Å². The molecule has 98 valence electrons. The maximum absolute atomic E-state index is 6.23. The third-order valence-electron chi connectivity index (χ3n) is 2.55. The van der Waals surface area contributed by atoms with Crippen molar-refractivity contribution in [2.24, 2.45) is 0 Å². The molecule has 0 unspecified atom stereocenters. The van der Waals surface area contributed by atoms with Gasteiger partial charge in [-0.1, -0.05) is 28.4 Å². The zero-order valence-electron chi connectivity index (χ0n) is 9.76. The molecule has 2 aromatic heterocycles. The highest BCUT2D eigenvalue weighted by molar-refractivity contribution is 7.00. The molecule has 19 heavy (non-hydrogen) atoms. The minimum Gasteiger partial charge on any atom is -0.314 e. The van der Waals surface area contributed by atoms with Gasteiger partial charge in [0.05, 0.1) is 33.7 Å². The first-order valence-electron chi connectivity index (χ1n) is 5.37. The molecule has 0 saturated carbocycles. The average Bonchev–Trinajstić information content (AvgIpc) is 2.99. The van der Waals surface area contributed by atoms with Crippen LogP contribution in [0.1, 0.15) is 5.69 Å². The second-order valence-corrected chi connectivity index (χ2v) is 5.18. The molecular weight excluding hydrogens is 307 g/mol. The summed E-state index contributed by atoms with van der Waals surface area (Å²) in [4.78, 5) is 0. The fraction of sp³-hybridized carbons (Fsp3) is 0.200. The lowest BCUT2D eigenvalue weighted by Crippen LogP contribution is -2.05. The summed E-state index contributed by atoms with van der Waals surface area (Å²) in [5.41, 5.74) is 2.70. The van der Waals surface area contributed by atoms with Crippen molar-refractivity contribution in [2.75, 3.05) is 7.05 Å². The Labute approximate surface area is 122 Å². The molecule has 0 bridgehead atoms. The Morgan fingerprint density at radius 3 is 2.84 bits per heavy atom. The zero-order chi connectivity index (χ0) is 13.4. The van der Waals surface area contributed by atoms with Crippen LogP contribution in [0.15, 0.2) is 12.3 Å². The number of hydrogen-bond acceptors (Lipinski definition) is 6. The Kier molecular flexibility index (Phi) is 3.36. The van der Waals surface area contributed by atoms with E-state index in [1.807, 2.05) is 7.05 Å². The smallest absolute Gasteiger partial charge is 0.133 e. The second-order valence-electron chi connectivity index (χ2n) is 3.84. The van der Waals surface area contributed by atoms with Gasteiger partial charge >= 0.3 is 0 Å². The van der Waals surface area contributed by atoms with E-state index in [-0.39, 0.29) is 0 Å². The van der Waals surface area contributed by atoms with E-state index in [1.54, 1.807) is 16.9 Å². The fourth-order valence-electron chi connectivity index (χ4n) is 1.75. The molecule has 2 heterocycles. The molecule has 0 radical (unpaired) electrons. The number of nitrogens with one attached hydrogen (secondary N) is 1. The van der Waals surface area contributed by atoms with Crippen molar-refractivity contribution in [3.8, 4) is 5.69 Å². The van der Waals surface area contributed by atoms with Crippen molar-refractivity contribution in [1.29, 1.82) is 0 Å². The topological polar surface area (TPSA) is 68.5 Å². The summed E-state index contributed by atoms with van der Waals surface area (Å²) in [5.74, 6) is 0. The lowest BCUT2D eigenvalue weighted by Gasteiger charge is -2.04. The predicted octanol–water partition coefficient (Wildman–Crippen LogP) is 2.30. The number of benzene rings is 1. The van der Waals surface area contributed by atoms with Crippen LogP contribution in [0.2, 0.25) is 10.0 Å². The van der Waals surface area contributed by atoms with E-state index in [9.17, 15) is 0 Å². The molecule has 0 aliphatic heterocycles. The third-order valence-corrected chi connectivity index (χ3v) is 3.65. The van der Waals surface area contributed by atoms with Crippen LogP contribution in [0.4, 0.5) is 0 Å². The Bertz CT molecular complexity index is 737. The monoisotopic (exact) mass is 314 g/mol. The highest BCUT2D eigenvalue weighted by atomic mass is 35.5. The first-order valence-corrected chi connectivity index (χ1v) is 6.86. The summed E-state index contributed by atoms with van der Waals surface area (Å²) in [6.07, 6.45) is 1.80. The van der Waals surface area contributed by atoms with Crippen LogP contribution in [0.3, 0.4) is 0 Å². The van der Waals surface area contributed by atoms with Gasteiger partial charge in [-0.25, -0.2) is 4.68 Å². The highest BCUT2D eigenvalue weighted by Gasteiger charge is 2.16. The second kappa shape index (κ2) is 5.01. The third kappa shape index (κ3) is 2.18. The van der Waals surface area contributed by atoms with Gasteiger partial charge in [-0.05, 0) is 13.1 Å². The molecule has 3 rings (SSSR count). The molecule has 0 spiro atoms. The van der Waals surface area contributed by atoms with E-state index in [4.69, 9.17) is 23.2 Å². The van der Waals surface area contributed by atoms with Crippen LogP contribution in [-0.4, -0.2) is 30.8 Å². The predicted molar refractivity (Wildman–Crippen MR) is 75.1 cm³/mol. The summed E-state index contributed by atoms with van der Waals surface area (Å²) < 4.78 is 9.98. The van der Waals surface area contributed by atoms with Crippen LogP contribution >= 0.6 is 34.9 Å². The first-order chi connectivity index (χ1) is 9.20. The summed E-state index contributed by atoms with van der Waals surface area (Å²) in [5, 5.41) is 12.1. The van der Waals surface area contributed by atoms with E-state index >= 15 is 0 Å². The van der Waals surface area contributed by atoms with Crippen molar-refractivity contribution >= 4 is 46.0 Å². The number of nitrogens with zero attached hydrogens (tertiary/aromatic N) is 5. The van der Waals surface area contributed by atoms with Crippen LogP contribution in [0.25, 0.3) is 16.7 Å². The fourth-order valence-corrected chi connectivity index (χ4v) is 2.94. The first kappa shape index (κ1) is 12.7. The summed E-state index contributed by atoms with van der Waals surface area (Å²) in [7, 11) is 1.84. The molecule has 0 aliphatic carbocycles. The van der Waals surface area contributed by atoms with Gasteiger partial charge in [0, 0.05) is 6.54 Å². The summed E-state index contributed by atoms with van der Waals surface area (Å²) in [6, 6.07) is 1.64. The van der Waals surface area contributed by atoms with Gasteiger partial charge in [0.25, 0.3) is 0 Å². The van der Waals surface area contributed by atoms with E-state index in [2.05, 4.69) is 24.4 Å². The van der Waals surface area contributed by atoms with Gasteiger partial charge in [-0.3, -0.25) is 0 Å². The van der Waals surface area contributed by atoms with Crippen molar-refractivity contribution in [1.82, 2.24) is 29.1 Å². The van der Waals surface area contributed by atoms with Gasteiger partial charge in [0.1, 0.15) is 16.7 Å². The maximum Gasteiger partial charge on any atom is 0.133 e. The molecule has 9 heteroatoms. The number of halogens is 2. The standard InChI is InChI=1S/C10H8Cl2N6S/c1-13-3-5-4-18(17-14-5)10-7(12)2-6(11)8-9(10)16-19-15-8/h2,4,13H,3H2,1H3. The number of aromatic nitrogens is 5. The number of rotatable bonds is 3. The molecule has 1 aromatic carbocycles. The molecule has 1 N–H and O–H groups in total. The quantitative estimate of drug-likeness (QED) is 0.803. The van der Waals surface area contributed by atoms with Crippen molar-refractivity contribution < 1.29 is 0 Å². The highest BCUT2D eigenvalue weighted by Crippen LogP contribution is 2.33. The SMILES string of the molecule is CNCc1cn(-c2c(Cl)cc(Cl)c3nsnc23)nn1. The zero-order valence-corrected chi connectivity index (χ0v) is 12.1. The number of fused-ring (bicyclic) bond motifs is 1. The maximum atomic E-state index is 6.23. The number of hydrogen-bond donors (Lipinski definition) is 1. The lowest BCUT2D eigenvalue weighted by atomic mass is 10.2. The van der Waals surface area contributed by atoms with Gasteiger partial charge in [-0.15, -0.1) is 5.10 Å². The van der Waals surface area contributed by atoms with E-state index in [1.165, 1.54) is 0 Å². The molecule has 0 amide bonds. The van der Waals surface area contributed by atoms with Crippen LogP contribution in [-0.2, 0) is 6.54 Å². The van der Waals surface area contributed by atoms with E-state index in [0.717, 1.165) is 17.4 Å². The Morgan fingerprint density at radius 2 is 2.05 bits per heavy atom. The minimum absolute atomic E-state index is 0.464. The van der Waals surface area contributed by atoms with Gasteiger partial charge in [-0.2, -0.15) is 8.75 Å².